The van der Waals surface area contributed by atoms with Gasteiger partial charge in [0.15, 0.2) is 0 Å². The van der Waals surface area contributed by atoms with E-state index in [2.05, 4.69) is 134 Å². The smallest absolute Gasteiger partial charge is 0.248 e. The Kier molecular flexibility index (Phi) is 8.17. The quantitative estimate of drug-likeness (QED) is 0.204. The summed E-state index contributed by atoms with van der Waals surface area (Å²) in [7, 11) is 0. The Bertz CT molecular complexity index is 1920. The molecule has 1 unspecified atom stereocenters. The van der Waals surface area contributed by atoms with E-state index in [0.717, 1.165) is 23.1 Å². The molecule has 5 aromatic carbocycles. The van der Waals surface area contributed by atoms with E-state index in [1.165, 1.54) is 32.9 Å². The summed E-state index contributed by atoms with van der Waals surface area (Å²) in [6, 6.07) is 44.7. The van der Waals surface area contributed by atoms with Crippen LogP contribution in [0, 0.1) is 0 Å². The Hall–Kier alpha value is -4.96. The van der Waals surface area contributed by atoms with Gasteiger partial charge in [-0.05, 0) is 71.8 Å². The van der Waals surface area contributed by atoms with Gasteiger partial charge < -0.3 is 8.98 Å². The Morgan fingerprint density at radius 2 is 1.00 bits per heavy atom. The second kappa shape index (κ2) is 12.3. The molecule has 4 nitrogen and oxygen atoms in total. The van der Waals surface area contributed by atoms with Crippen molar-refractivity contribution >= 4 is 21.8 Å². The Balaban J connectivity index is 0.000000173. The van der Waals surface area contributed by atoms with E-state index in [1.807, 2.05) is 42.5 Å². The summed E-state index contributed by atoms with van der Waals surface area (Å²) in [6.07, 6.45) is 1.16. The summed E-state index contributed by atoms with van der Waals surface area (Å²) in [4.78, 5) is 0. The number of benzene rings is 5. The lowest BCUT2D eigenvalue weighted by atomic mass is 9.87. The molecule has 0 aliphatic carbocycles. The predicted octanol–water partition coefficient (Wildman–Crippen LogP) is 11.1. The summed E-state index contributed by atoms with van der Waals surface area (Å²) >= 11 is 0. The molecule has 0 aliphatic heterocycles. The van der Waals surface area contributed by atoms with Gasteiger partial charge >= 0.3 is 0 Å². The minimum atomic E-state index is 0.124. The first kappa shape index (κ1) is 29.1. The number of aromatic nitrogens is 3. The zero-order valence-corrected chi connectivity index (χ0v) is 26.2. The van der Waals surface area contributed by atoms with Gasteiger partial charge in [-0.3, -0.25) is 0 Å². The van der Waals surface area contributed by atoms with Crippen molar-refractivity contribution in [2.45, 2.75) is 52.5 Å². The van der Waals surface area contributed by atoms with Gasteiger partial charge in [0.25, 0.3) is 0 Å². The number of para-hydroxylation sites is 2. The molecular formula is C40H39N3O. The SMILES string of the molecule is CC(C)(C)c1ccc(-c2nnc(-c3ccc(-c4ccccc4)cc3)o2)cc1.CCC(C)n1c2ccccc2c2ccccc21. The highest BCUT2D eigenvalue weighted by Crippen LogP contribution is 2.32. The molecule has 2 aromatic heterocycles. The minimum Gasteiger partial charge on any atom is -0.416 e. The molecule has 0 bridgehead atoms. The average Bonchev–Trinajstić information content (AvgIpc) is 3.69. The molecule has 7 rings (SSSR count). The van der Waals surface area contributed by atoms with Crippen LogP contribution in [-0.4, -0.2) is 14.8 Å². The molecule has 0 amide bonds. The van der Waals surface area contributed by atoms with Crippen LogP contribution in [-0.2, 0) is 5.41 Å². The van der Waals surface area contributed by atoms with Crippen molar-refractivity contribution in [2.24, 2.45) is 0 Å². The number of nitrogens with zero attached hydrogens (tertiary/aromatic N) is 3. The zero-order chi connectivity index (χ0) is 30.7. The van der Waals surface area contributed by atoms with Crippen LogP contribution in [0.1, 0.15) is 52.6 Å². The average molecular weight is 578 g/mol. The van der Waals surface area contributed by atoms with E-state index in [4.69, 9.17) is 4.42 Å². The van der Waals surface area contributed by atoms with Crippen LogP contribution in [0.2, 0.25) is 0 Å². The molecule has 220 valence electrons. The maximum absolute atomic E-state index is 5.90. The minimum absolute atomic E-state index is 0.124. The fourth-order valence-corrected chi connectivity index (χ4v) is 5.62. The third-order valence-corrected chi connectivity index (χ3v) is 8.31. The Labute approximate surface area is 260 Å². The van der Waals surface area contributed by atoms with Gasteiger partial charge in [0, 0.05) is 39.0 Å². The van der Waals surface area contributed by atoms with E-state index < -0.39 is 0 Å². The largest absolute Gasteiger partial charge is 0.416 e. The van der Waals surface area contributed by atoms with Crippen molar-refractivity contribution in [2.75, 3.05) is 0 Å². The van der Waals surface area contributed by atoms with Crippen molar-refractivity contribution in [3.63, 3.8) is 0 Å². The molecule has 0 saturated carbocycles. The van der Waals surface area contributed by atoms with E-state index in [-0.39, 0.29) is 5.41 Å². The number of fused-ring (bicyclic) bond motifs is 3. The maximum atomic E-state index is 5.90. The zero-order valence-electron chi connectivity index (χ0n) is 26.2. The topological polar surface area (TPSA) is 43.9 Å². The van der Waals surface area contributed by atoms with Crippen LogP contribution in [0.5, 0.6) is 0 Å². The van der Waals surface area contributed by atoms with Crippen molar-refractivity contribution in [3.05, 3.63) is 133 Å². The molecule has 0 N–H and O–H groups in total. The lowest BCUT2D eigenvalue weighted by Gasteiger charge is -2.18. The van der Waals surface area contributed by atoms with Crippen LogP contribution < -0.4 is 0 Å². The number of hydrogen-bond donors (Lipinski definition) is 0. The van der Waals surface area contributed by atoms with Crippen molar-refractivity contribution in [1.82, 2.24) is 14.8 Å². The summed E-state index contributed by atoms with van der Waals surface area (Å²) in [6.45, 7) is 11.1. The van der Waals surface area contributed by atoms with E-state index in [1.54, 1.807) is 0 Å². The predicted molar refractivity (Wildman–Crippen MR) is 184 cm³/mol. The Morgan fingerprint density at radius 3 is 1.50 bits per heavy atom. The molecule has 0 radical (unpaired) electrons. The molecule has 0 aliphatic rings. The highest BCUT2D eigenvalue weighted by atomic mass is 16.4. The normalized spacial score (nSPS) is 12.2. The molecular weight excluding hydrogens is 538 g/mol. The molecule has 0 spiro atoms. The summed E-state index contributed by atoms with van der Waals surface area (Å²) in [5, 5.41) is 11.2. The first-order valence-corrected chi connectivity index (χ1v) is 15.4. The molecule has 44 heavy (non-hydrogen) atoms. The van der Waals surface area contributed by atoms with Crippen molar-refractivity contribution in [3.8, 4) is 34.0 Å². The first-order chi connectivity index (χ1) is 21.3. The van der Waals surface area contributed by atoms with Gasteiger partial charge in [-0.1, -0.05) is 119 Å². The van der Waals surface area contributed by atoms with E-state index in [0.29, 0.717) is 17.8 Å². The van der Waals surface area contributed by atoms with Crippen LogP contribution in [0.4, 0.5) is 0 Å². The summed E-state index contributed by atoms with van der Waals surface area (Å²) in [5.74, 6) is 1.07. The first-order valence-electron chi connectivity index (χ1n) is 15.4. The lowest BCUT2D eigenvalue weighted by Crippen LogP contribution is -2.10. The summed E-state index contributed by atoms with van der Waals surface area (Å²) < 4.78 is 8.37. The summed E-state index contributed by atoms with van der Waals surface area (Å²) in [5.41, 5.74) is 8.31. The van der Waals surface area contributed by atoms with Crippen LogP contribution in [0.25, 0.3) is 55.8 Å². The second-order valence-corrected chi connectivity index (χ2v) is 12.3. The van der Waals surface area contributed by atoms with Gasteiger partial charge in [-0.2, -0.15) is 0 Å². The van der Waals surface area contributed by atoms with Gasteiger partial charge in [-0.15, -0.1) is 10.2 Å². The van der Waals surface area contributed by atoms with Crippen LogP contribution >= 0.6 is 0 Å². The third kappa shape index (κ3) is 5.93. The second-order valence-electron chi connectivity index (χ2n) is 12.3. The standard InChI is InChI=1S/C24H22N2O.C16H17N/c1-24(2,3)21-15-13-20(14-16-21)23-26-25-22(27-23)19-11-9-18(10-12-19)17-7-5-4-6-8-17;1-3-12(2)17-15-10-6-4-8-13(15)14-9-5-7-11-16(14)17/h4-16H,1-3H3;4-12H,3H2,1-2H3. The number of rotatable bonds is 5. The molecule has 7 aromatic rings. The highest BCUT2D eigenvalue weighted by molar-refractivity contribution is 6.08. The molecule has 2 heterocycles. The fraction of sp³-hybridized carbons (Fsp3) is 0.200. The lowest BCUT2D eigenvalue weighted by molar-refractivity contribution is 0.563. The molecule has 0 fully saturated rings. The number of hydrogen-bond acceptors (Lipinski definition) is 3. The maximum Gasteiger partial charge on any atom is 0.248 e. The van der Waals surface area contributed by atoms with E-state index >= 15 is 0 Å². The van der Waals surface area contributed by atoms with Gasteiger partial charge in [0.2, 0.25) is 11.8 Å². The van der Waals surface area contributed by atoms with Crippen molar-refractivity contribution in [1.29, 1.82) is 0 Å². The molecule has 1 atom stereocenters. The van der Waals surface area contributed by atoms with Gasteiger partial charge in [0.1, 0.15) is 0 Å². The van der Waals surface area contributed by atoms with Crippen LogP contribution in [0.15, 0.2) is 132 Å². The molecule has 0 saturated heterocycles. The third-order valence-electron chi connectivity index (χ3n) is 8.31. The van der Waals surface area contributed by atoms with Crippen molar-refractivity contribution < 1.29 is 4.42 Å². The fourth-order valence-electron chi connectivity index (χ4n) is 5.62. The van der Waals surface area contributed by atoms with Gasteiger partial charge in [-0.25, -0.2) is 0 Å². The van der Waals surface area contributed by atoms with Gasteiger partial charge in [0.05, 0.1) is 0 Å². The molecule has 4 heteroatoms. The Morgan fingerprint density at radius 1 is 0.568 bits per heavy atom. The van der Waals surface area contributed by atoms with E-state index in [9.17, 15) is 0 Å². The van der Waals surface area contributed by atoms with Crippen LogP contribution in [0.3, 0.4) is 0 Å². The highest BCUT2D eigenvalue weighted by Gasteiger charge is 2.16. The monoisotopic (exact) mass is 577 g/mol.